The van der Waals surface area contributed by atoms with Crippen molar-refractivity contribution in [3.05, 3.63) is 46.9 Å². The van der Waals surface area contributed by atoms with Gasteiger partial charge in [-0.05, 0) is 24.5 Å². The Balaban J connectivity index is 2.00. The zero-order valence-electron chi connectivity index (χ0n) is 12.6. The van der Waals surface area contributed by atoms with E-state index < -0.39 is 5.97 Å². The molecule has 2 heterocycles. The van der Waals surface area contributed by atoms with Gasteiger partial charge in [-0.3, -0.25) is 0 Å². The monoisotopic (exact) mass is 333 g/mol. The maximum absolute atomic E-state index is 11.0. The summed E-state index contributed by atoms with van der Waals surface area (Å²) >= 11 is 6.33. The fourth-order valence-electron chi connectivity index (χ4n) is 2.93. The molecule has 1 saturated heterocycles. The van der Waals surface area contributed by atoms with Crippen LogP contribution in [0.25, 0.3) is 0 Å². The van der Waals surface area contributed by atoms with Crippen molar-refractivity contribution in [2.75, 3.05) is 18.6 Å². The Morgan fingerprint density at radius 3 is 2.91 bits per heavy atom. The molecule has 0 unspecified atom stereocenters. The van der Waals surface area contributed by atoms with Crippen molar-refractivity contribution in [1.29, 1.82) is 0 Å². The molecule has 3 rings (SSSR count). The third-order valence-electron chi connectivity index (χ3n) is 3.95. The molecule has 1 N–H and O–H groups in total. The maximum atomic E-state index is 11.0. The minimum absolute atomic E-state index is 0.0943. The van der Waals surface area contributed by atoms with E-state index in [1.807, 2.05) is 24.3 Å². The number of carboxylic acid groups (broad SMARTS) is 1. The number of hydrogen-bond acceptors (Lipinski definition) is 5. The van der Waals surface area contributed by atoms with Crippen molar-refractivity contribution in [2.45, 2.75) is 18.9 Å². The summed E-state index contributed by atoms with van der Waals surface area (Å²) in [6.07, 6.45) is 3.46. The number of aromatic nitrogens is 2. The van der Waals surface area contributed by atoms with Gasteiger partial charge in [-0.1, -0.05) is 29.8 Å². The van der Waals surface area contributed by atoms with Crippen molar-refractivity contribution in [1.82, 2.24) is 9.97 Å². The lowest BCUT2D eigenvalue weighted by molar-refractivity contribution is 0.0682. The molecule has 0 spiro atoms. The van der Waals surface area contributed by atoms with Gasteiger partial charge in [0.2, 0.25) is 11.7 Å². The fraction of sp³-hybridized carbons (Fsp3) is 0.312. The minimum Gasteiger partial charge on any atom is -0.479 e. The number of methoxy groups -OCH3 is 1. The summed E-state index contributed by atoms with van der Waals surface area (Å²) in [7, 11) is 1.47. The van der Waals surface area contributed by atoms with Gasteiger partial charge in [0.1, 0.15) is 5.69 Å². The molecule has 1 aliphatic heterocycles. The summed E-state index contributed by atoms with van der Waals surface area (Å²) in [4.78, 5) is 21.0. The quantitative estimate of drug-likeness (QED) is 0.926. The lowest BCUT2D eigenvalue weighted by atomic mass is 10.0. The second-order valence-corrected chi connectivity index (χ2v) is 5.67. The zero-order valence-corrected chi connectivity index (χ0v) is 13.3. The molecule has 1 aliphatic rings. The van der Waals surface area contributed by atoms with E-state index in [0.29, 0.717) is 10.7 Å². The van der Waals surface area contributed by atoms with Gasteiger partial charge in [0.05, 0.1) is 19.3 Å². The highest BCUT2D eigenvalue weighted by atomic mass is 35.5. The van der Waals surface area contributed by atoms with Crippen molar-refractivity contribution in [2.24, 2.45) is 0 Å². The first-order valence-electron chi connectivity index (χ1n) is 7.27. The number of carboxylic acids is 1. The highest BCUT2D eigenvalue weighted by Crippen LogP contribution is 2.41. The van der Waals surface area contributed by atoms with Gasteiger partial charge in [-0.25, -0.2) is 9.78 Å². The number of hydrogen-bond donors (Lipinski definition) is 1. The largest absolute Gasteiger partial charge is 0.479 e. The molecule has 6 nitrogen and oxygen atoms in total. The third-order valence-corrected chi connectivity index (χ3v) is 4.29. The highest BCUT2D eigenvalue weighted by Gasteiger charge is 2.30. The standard InChI is InChI=1S/C16H16ClN3O3/c1-23-15-13(9-18-14(19-15)16(21)22)20-8-4-7-12(20)10-5-2-3-6-11(10)17/h2-3,5-6,9,12H,4,7-8H2,1H3,(H,21,22)/t12-/m0/s1. The van der Waals surface area contributed by atoms with Gasteiger partial charge in [0.25, 0.3) is 0 Å². The Labute approximate surface area is 138 Å². The number of benzene rings is 1. The summed E-state index contributed by atoms with van der Waals surface area (Å²) in [5, 5.41) is 9.73. The van der Waals surface area contributed by atoms with E-state index in [-0.39, 0.29) is 17.7 Å². The Kier molecular flexibility index (Phi) is 4.34. The molecule has 0 amide bonds. The number of anilines is 1. The first-order valence-corrected chi connectivity index (χ1v) is 7.65. The molecular weight excluding hydrogens is 318 g/mol. The van der Waals surface area contributed by atoms with E-state index in [1.165, 1.54) is 13.3 Å². The summed E-state index contributed by atoms with van der Waals surface area (Å²) in [6.45, 7) is 0.808. The van der Waals surface area contributed by atoms with Crippen LogP contribution in [0.5, 0.6) is 5.88 Å². The Morgan fingerprint density at radius 2 is 2.22 bits per heavy atom. The average Bonchev–Trinajstić information content (AvgIpc) is 3.03. The fourth-order valence-corrected chi connectivity index (χ4v) is 3.20. The lowest BCUT2D eigenvalue weighted by Gasteiger charge is -2.28. The predicted octanol–water partition coefficient (Wildman–Crippen LogP) is 3.18. The summed E-state index contributed by atoms with van der Waals surface area (Å²) in [6, 6.07) is 7.82. The molecule has 120 valence electrons. The highest BCUT2D eigenvalue weighted by molar-refractivity contribution is 6.31. The Morgan fingerprint density at radius 1 is 1.43 bits per heavy atom. The normalized spacial score (nSPS) is 17.3. The van der Waals surface area contributed by atoms with Crippen LogP contribution < -0.4 is 9.64 Å². The van der Waals surface area contributed by atoms with E-state index in [1.54, 1.807) is 0 Å². The summed E-state index contributed by atoms with van der Waals surface area (Å²) < 4.78 is 5.27. The van der Waals surface area contributed by atoms with Gasteiger partial charge >= 0.3 is 5.97 Å². The van der Waals surface area contributed by atoms with E-state index in [4.69, 9.17) is 21.4 Å². The Hall–Kier alpha value is -2.34. The van der Waals surface area contributed by atoms with Crippen molar-refractivity contribution in [3.63, 3.8) is 0 Å². The number of carbonyl (C=O) groups is 1. The van der Waals surface area contributed by atoms with Crippen LogP contribution in [-0.4, -0.2) is 34.7 Å². The van der Waals surface area contributed by atoms with E-state index in [0.717, 1.165) is 24.9 Å². The average molecular weight is 334 g/mol. The van der Waals surface area contributed by atoms with Crippen LogP contribution in [0.15, 0.2) is 30.5 Å². The molecule has 1 aromatic carbocycles. The van der Waals surface area contributed by atoms with Gasteiger partial charge in [0, 0.05) is 11.6 Å². The first-order chi connectivity index (χ1) is 11.1. The third kappa shape index (κ3) is 2.94. The number of ether oxygens (including phenoxy) is 1. The molecule has 0 aliphatic carbocycles. The molecule has 0 bridgehead atoms. The number of aromatic carboxylic acids is 1. The number of nitrogens with zero attached hydrogens (tertiary/aromatic N) is 3. The van der Waals surface area contributed by atoms with Gasteiger partial charge in [-0.2, -0.15) is 4.98 Å². The van der Waals surface area contributed by atoms with E-state index in [9.17, 15) is 4.79 Å². The second kappa shape index (κ2) is 6.42. The maximum Gasteiger partial charge on any atom is 0.374 e. The summed E-state index contributed by atoms with van der Waals surface area (Å²) in [5.74, 6) is -1.20. The van der Waals surface area contributed by atoms with Gasteiger partial charge in [-0.15, -0.1) is 0 Å². The van der Waals surface area contributed by atoms with E-state index >= 15 is 0 Å². The number of halogens is 1. The SMILES string of the molecule is COc1nc(C(=O)O)ncc1N1CCC[C@H]1c1ccccc1Cl. The first kappa shape index (κ1) is 15.6. The van der Waals surface area contributed by atoms with Crippen molar-refractivity contribution >= 4 is 23.3 Å². The Bertz CT molecular complexity index is 738. The predicted molar refractivity (Wildman–Crippen MR) is 86.3 cm³/mol. The van der Waals surface area contributed by atoms with Gasteiger partial charge in [0.15, 0.2) is 0 Å². The lowest BCUT2D eigenvalue weighted by Crippen LogP contribution is -2.24. The van der Waals surface area contributed by atoms with Crippen LogP contribution >= 0.6 is 11.6 Å². The van der Waals surface area contributed by atoms with Crippen LogP contribution in [0.3, 0.4) is 0 Å². The van der Waals surface area contributed by atoms with E-state index in [2.05, 4.69) is 14.9 Å². The molecule has 23 heavy (non-hydrogen) atoms. The topological polar surface area (TPSA) is 75.5 Å². The van der Waals surface area contributed by atoms with Crippen LogP contribution in [0.1, 0.15) is 35.1 Å². The second-order valence-electron chi connectivity index (χ2n) is 5.27. The van der Waals surface area contributed by atoms with Crippen molar-refractivity contribution < 1.29 is 14.6 Å². The number of rotatable bonds is 4. The molecule has 2 aromatic rings. The van der Waals surface area contributed by atoms with Crippen LogP contribution in [0.2, 0.25) is 5.02 Å². The molecule has 1 aromatic heterocycles. The van der Waals surface area contributed by atoms with Crippen molar-refractivity contribution in [3.8, 4) is 5.88 Å². The van der Waals surface area contributed by atoms with Crippen LogP contribution in [-0.2, 0) is 0 Å². The smallest absolute Gasteiger partial charge is 0.374 e. The van der Waals surface area contributed by atoms with Crippen LogP contribution in [0, 0.1) is 0 Å². The molecule has 7 heteroatoms. The molecule has 1 fully saturated rings. The molecule has 0 saturated carbocycles. The van der Waals surface area contributed by atoms with Crippen LogP contribution in [0.4, 0.5) is 5.69 Å². The molecule has 0 radical (unpaired) electrons. The minimum atomic E-state index is -1.18. The summed E-state index contributed by atoms with van der Waals surface area (Å²) in [5.41, 5.74) is 1.72. The van der Waals surface area contributed by atoms with Gasteiger partial charge < -0.3 is 14.7 Å². The zero-order chi connectivity index (χ0) is 16.4. The molecular formula is C16H16ClN3O3. The molecule has 1 atom stereocenters.